The van der Waals surface area contributed by atoms with Crippen LogP contribution in [0.5, 0.6) is 5.75 Å². The summed E-state index contributed by atoms with van der Waals surface area (Å²) >= 11 is 1.56. The van der Waals surface area contributed by atoms with Gasteiger partial charge in [0, 0.05) is 10.9 Å². The molecule has 0 fully saturated rings. The number of benzene rings is 3. The van der Waals surface area contributed by atoms with E-state index in [0.717, 1.165) is 33.1 Å². The highest BCUT2D eigenvalue weighted by Crippen LogP contribution is 2.24. The van der Waals surface area contributed by atoms with Gasteiger partial charge in [0.05, 0.1) is 5.69 Å². The zero-order valence-corrected chi connectivity index (χ0v) is 15.9. The Bertz CT molecular complexity index is 1070. The minimum Gasteiger partial charge on any atom is -0.489 e. The normalized spacial score (nSPS) is 11.0. The van der Waals surface area contributed by atoms with Crippen LogP contribution in [0.15, 0.2) is 84.2 Å². The monoisotopic (exact) mass is 387 g/mol. The first-order valence-electron chi connectivity index (χ1n) is 8.93. The number of halogens is 1. The molecule has 0 saturated carbocycles. The molecule has 1 aromatic heterocycles. The van der Waals surface area contributed by atoms with Crippen molar-refractivity contribution in [2.24, 2.45) is 0 Å². The zero-order valence-electron chi connectivity index (χ0n) is 15.1. The Morgan fingerprint density at radius 1 is 0.893 bits per heavy atom. The summed E-state index contributed by atoms with van der Waals surface area (Å²) in [5, 5.41) is 2.88. The van der Waals surface area contributed by atoms with Gasteiger partial charge in [-0.05, 0) is 53.6 Å². The predicted molar refractivity (Wildman–Crippen MR) is 114 cm³/mol. The first kappa shape index (κ1) is 18.1. The Morgan fingerprint density at radius 3 is 2.54 bits per heavy atom. The molecule has 0 amide bonds. The van der Waals surface area contributed by atoms with E-state index in [-0.39, 0.29) is 5.82 Å². The van der Waals surface area contributed by atoms with Gasteiger partial charge in [-0.2, -0.15) is 0 Å². The second-order valence-corrected chi connectivity index (χ2v) is 7.15. The Labute approximate surface area is 167 Å². The first-order valence-corrected chi connectivity index (χ1v) is 9.80. The van der Waals surface area contributed by atoms with Gasteiger partial charge in [0.2, 0.25) is 0 Å². The van der Waals surface area contributed by atoms with E-state index in [1.165, 1.54) is 12.1 Å². The summed E-state index contributed by atoms with van der Waals surface area (Å²) in [7, 11) is 0. The van der Waals surface area contributed by atoms with Crippen molar-refractivity contribution in [2.45, 2.75) is 6.61 Å². The van der Waals surface area contributed by atoms with E-state index in [4.69, 9.17) is 4.74 Å². The Kier molecular flexibility index (Phi) is 5.59. The topological polar surface area (TPSA) is 22.1 Å². The number of hydrogen-bond acceptors (Lipinski definition) is 3. The SMILES string of the molecule is Fc1ccc(-c2csc(C=Cc3cccc(OCc4ccccc4)c3)n2)cc1. The van der Waals surface area contributed by atoms with Crippen molar-refractivity contribution < 1.29 is 9.13 Å². The van der Waals surface area contributed by atoms with E-state index in [1.807, 2.05) is 72.1 Å². The van der Waals surface area contributed by atoms with Crippen molar-refractivity contribution in [3.63, 3.8) is 0 Å². The van der Waals surface area contributed by atoms with Gasteiger partial charge in [0.25, 0.3) is 0 Å². The lowest BCUT2D eigenvalue weighted by Crippen LogP contribution is -1.94. The minimum atomic E-state index is -0.242. The molecule has 0 radical (unpaired) electrons. The predicted octanol–water partition coefficient (Wildman–Crippen LogP) is 6.70. The maximum absolute atomic E-state index is 13.1. The summed E-state index contributed by atoms with van der Waals surface area (Å²) in [6.45, 7) is 0.543. The number of rotatable bonds is 6. The number of hydrogen-bond donors (Lipinski definition) is 0. The fraction of sp³-hybridized carbons (Fsp3) is 0.0417. The van der Waals surface area contributed by atoms with Crippen LogP contribution in [0, 0.1) is 5.82 Å². The fourth-order valence-electron chi connectivity index (χ4n) is 2.73. The van der Waals surface area contributed by atoms with Crippen LogP contribution in [0.2, 0.25) is 0 Å². The quantitative estimate of drug-likeness (QED) is 0.367. The molecular formula is C24H18FNOS. The van der Waals surface area contributed by atoms with Gasteiger partial charge in [-0.25, -0.2) is 9.37 Å². The lowest BCUT2D eigenvalue weighted by atomic mass is 10.2. The summed E-state index contributed by atoms with van der Waals surface area (Å²) in [6.07, 6.45) is 4.00. The molecule has 28 heavy (non-hydrogen) atoms. The Morgan fingerprint density at radius 2 is 1.71 bits per heavy atom. The molecule has 0 N–H and O–H groups in total. The van der Waals surface area contributed by atoms with Gasteiger partial charge in [-0.15, -0.1) is 11.3 Å². The van der Waals surface area contributed by atoms with E-state index in [9.17, 15) is 4.39 Å². The molecule has 138 valence electrons. The van der Waals surface area contributed by atoms with Crippen molar-refractivity contribution in [1.82, 2.24) is 4.98 Å². The third kappa shape index (κ3) is 4.72. The van der Waals surface area contributed by atoms with E-state index in [2.05, 4.69) is 4.98 Å². The molecule has 4 rings (SSSR count). The number of aromatic nitrogens is 1. The molecule has 2 nitrogen and oxygen atoms in total. The summed E-state index contributed by atoms with van der Waals surface area (Å²) in [6, 6.07) is 24.5. The molecule has 4 aromatic rings. The molecule has 0 saturated heterocycles. The third-order valence-corrected chi connectivity index (χ3v) is 5.00. The molecule has 1 heterocycles. The van der Waals surface area contributed by atoms with Crippen LogP contribution < -0.4 is 4.74 Å². The van der Waals surface area contributed by atoms with E-state index in [1.54, 1.807) is 23.5 Å². The Hall–Kier alpha value is -3.24. The second kappa shape index (κ2) is 8.63. The van der Waals surface area contributed by atoms with Gasteiger partial charge < -0.3 is 4.74 Å². The van der Waals surface area contributed by atoms with Crippen LogP contribution in [0.25, 0.3) is 23.4 Å². The van der Waals surface area contributed by atoms with Crippen molar-refractivity contribution in [2.75, 3.05) is 0 Å². The molecule has 3 aromatic carbocycles. The van der Waals surface area contributed by atoms with Crippen LogP contribution in [0.1, 0.15) is 16.1 Å². The summed E-state index contributed by atoms with van der Waals surface area (Å²) in [4.78, 5) is 4.60. The minimum absolute atomic E-state index is 0.242. The standard InChI is InChI=1S/C24H18FNOS/c25-21-12-10-20(11-13-21)23-17-28-24(26-23)14-9-18-7-4-8-22(15-18)27-16-19-5-2-1-3-6-19/h1-15,17H,16H2. The van der Waals surface area contributed by atoms with Gasteiger partial charge in [0.15, 0.2) is 0 Å². The molecule has 0 unspecified atom stereocenters. The molecule has 0 aliphatic rings. The largest absolute Gasteiger partial charge is 0.489 e. The second-order valence-electron chi connectivity index (χ2n) is 6.26. The van der Waals surface area contributed by atoms with Crippen LogP contribution in [-0.2, 0) is 6.61 Å². The highest BCUT2D eigenvalue weighted by atomic mass is 32.1. The molecule has 4 heteroatoms. The molecular weight excluding hydrogens is 369 g/mol. The van der Waals surface area contributed by atoms with Gasteiger partial charge in [-0.1, -0.05) is 48.5 Å². The first-order chi connectivity index (χ1) is 13.8. The van der Waals surface area contributed by atoms with Crippen LogP contribution >= 0.6 is 11.3 Å². The number of thiazole rings is 1. The van der Waals surface area contributed by atoms with E-state index in [0.29, 0.717) is 6.61 Å². The zero-order chi connectivity index (χ0) is 19.2. The molecule has 0 aliphatic carbocycles. The van der Waals surface area contributed by atoms with Gasteiger partial charge in [-0.3, -0.25) is 0 Å². The summed E-state index contributed by atoms with van der Waals surface area (Å²) < 4.78 is 18.9. The Balaban J connectivity index is 1.43. The number of nitrogens with zero attached hydrogens (tertiary/aromatic N) is 1. The average molecular weight is 387 g/mol. The lowest BCUT2D eigenvalue weighted by molar-refractivity contribution is 0.306. The van der Waals surface area contributed by atoms with Crippen molar-refractivity contribution in [3.8, 4) is 17.0 Å². The third-order valence-electron chi connectivity index (χ3n) is 4.19. The van der Waals surface area contributed by atoms with Gasteiger partial charge in [0.1, 0.15) is 23.2 Å². The summed E-state index contributed by atoms with van der Waals surface area (Å²) in [5.74, 6) is 0.589. The highest BCUT2D eigenvalue weighted by molar-refractivity contribution is 7.10. The fourth-order valence-corrected chi connectivity index (χ4v) is 3.45. The van der Waals surface area contributed by atoms with Crippen molar-refractivity contribution >= 4 is 23.5 Å². The maximum atomic E-state index is 13.1. The number of ether oxygens (including phenoxy) is 1. The van der Waals surface area contributed by atoms with Crippen LogP contribution in [0.3, 0.4) is 0 Å². The maximum Gasteiger partial charge on any atom is 0.123 e. The van der Waals surface area contributed by atoms with Gasteiger partial charge >= 0.3 is 0 Å². The van der Waals surface area contributed by atoms with E-state index < -0.39 is 0 Å². The van der Waals surface area contributed by atoms with Crippen molar-refractivity contribution in [1.29, 1.82) is 0 Å². The van der Waals surface area contributed by atoms with Crippen molar-refractivity contribution in [3.05, 3.63) is 106 Å². The molecule has 0 aliphatic heterocycles. The molecule has 0 spiro atoms. The average Bonchev–Trinajstić information content (AvgIpc) is 3.21. The highest BCUT2D eigenvalue weighted by Gasteiger charge is 2.03. The van der Waals surface area contributed by atoms with E-state index >= 15 is 0 Å². The molecule has 0 atom stereocenters. The summed E-state index contributed by atoms with van der Waals surface area (Å²) in [5.41, 5.74) is 3.95. The molecule has 0 bridgehead atoms. The smallest absolute Gasteiger partial charge is 0.123 e. The van der Waals surface area contributed by atoms with Crippen LogP contribution in [0.4, 0.5) is 4.39 Å². The van der Waals surface area contributed by atoms with Crippen LogP contribution in [-0.4, -0.2) is 4.98 Å². The lowest BCUT2D eigenvalue weighted by Gasteiger charge is -2.06.